The molecule has 0 radical (unpaired) electrons. The van der Waals surface area contributed by atoms with Crippen molar-refractivity contribution in [1.82, 2.24) is 25.2 Å². The Morgan fingerprint density at radius 2 is 2.03 bits per heavy atom. The number of rotatable bonds is 7. The molecular weight excluding hydrogens is 465 g/mol. The summed E-state index contributed by atoms with van der Waals surface area (Å²) < 4.78 is 21.4. The van der Waals surface area contributed by atoms with E-state index in [-0.39, 0.29) is 29.3 Å². The first-order valence-electron chi connectivity index (χ1n) is 12.2. The number of halogens is 1. The lowest BCUT2D eigenvalue weighted by molar-refractivity contribution is -0.133. The number of carbonyl (C=O) groups excluding carboxylic acids is 2. The molecule has 1 aliphatic heterocycles. The Morgan fingerprint density at radius 3 is 2.75 bits per heavy atom. The molecule has 9 nitrogen and oxygen atoms in total. The molecule has 2 atom stereocenters. The fraction of sp³-hybridized carbons (Fsp3) is 0.462. The van der Waals surface area contributed by atoms with Crippen molar-refractivity contribution in [2.45, 2.75) is 39.7 Å². The number of likely N-dealkylation sites (tertiary alicyclic amines) is 1. The summed E-state index contributed by atoms with van der Waals surface area (Å²) >= 11 is 0. The molecule has 1 saturated heterocycles. The van der Waals surface area contributed by atoms with E-state index < -0.39 is 12.4 Å². The highest BCUT2D eigenvalue weighted by Crippen LogP contribution is 2.39. The number of fused-ring (bicyclic) bond motifs is 1. The van der Waals surface area contributed by atoms with Crippen molar-refractivity contribution in [3.05, 3.63) is 41.1 Å². The minimum atomic E-state index is -0.559. The quantitative estimate of drug-likeness (QED) is 0.464. The van der Waals surface area contributed by atoms with Gasteiger partial charge in [-0.1, -0.05) is 13.0 Å². The third-order valence-corrected chi connectivity index (χ3v) is 7.12. The van der Waals surface area contributed by atoms with Crippen LogP contribution >= 0.6 is 0 Å². The molecule has 2 aliphatic rings. The van der Waals surface area contributed by atoms with Crippen LogP contribution in [0.5, 0.6) is 5.75 Å². The second-order valence-corrected chi connectivity index (χ2v) is 9.91. The highest BCUT2D eigenvalue weighted by atomic mass is 19.1. The first kappa shape index (κ1) is 24.2. The predicted molar refractivity (Wildman–Crippen MR) is 131 cm³/mol. The first-order valence-corrected chi connectivity index (χ1v) is 12.2. The standard InChI is InChI=1S/C26H30FN5O4/c1-13-4-7-18(36-11-16-5-6-16)21(22(13)27)24-25-23(28-12-29-24)20(15(3)30-25)26(35)31-17-9-32(8-14(17)2)19(34)10-33/h4,7,12,14,16-17,30,33H,5-6,8-11H2,1-3H3,(H,31,35). The zero-order valence-electron chi connectivity index (χ0n) is 20.6. The zero-order valence-corrected chi connectivity index (χ0v) is 20.6. The zero-order chi connectivity index (χ0) is 25.6. The SMILES string of the molecule is Cc1ccc(OCC2CC2)c(-c2ncnc3c(C(=O)NC4CN(C(=O)CO)CC4C)c(C)[nH]c23)c1F. The fourth-order valence-electron chi connectivity index (χ4n) is 4.78. The van der Waals surface area contributed by atoms with Gasteiger partial charge >= 0.3 is 0 Å². The van der Waals surface area contributed by atoms with Crippen LogP contribution in [-0.4, -0.2) is 69.1 Å². The average Bonchev–Trinajstić information content (AvgIpc) is 3.53. The van der Waals surface area contributed by atoms with E-state index in [1.807, 2.05) is 6.92 Å². The summed E-state index contributed by atoms with van der Waals surface area (Å²) in [4.78, 5) is 38.7. The van der Waals surface area contributed by atoms with E-state index in [0.29, 0.717) is 64.9 Å². The van der Waals surface area contributed by atoms with Gasteiger partial charge in [-0.25, -0.2) is 14.4 Å². The number of H-pyrrole nitrogens is 1. The number of nitrogens with zero attached hydrogens (tertiary/aromatic N) is 3. The van der Waals surface area contributed by atoms with E-state index >= 15 is 4.39 Å². The van der Waals surface area contributed by atoms with Crippen molar-refractivity contribution in [2.75, 3.05) is 26.3 Å². The summed E-state index contributed by atoms with van der Waals surface area (Å²) in [5, 5.41) is 12.2. The van der Waals surface area contributed by atoms with Crippen LogP contribution in [0.25, 0.3) is 22.3 Å². The number of aliphatic hydroxyl groups excluding tert-OH is 1. The molecule has 3 aromatic rings. The third-order valence-electron chi connectivity index (χ3n) is 7.12. The number of benzene rings is 1. The minimum Gasteiger partial charge on any atom is -0.492 e. The topological polar surface area (TPSA) is 120 Å². The molecule has 0 bridgehead atoms. The first-order chi connectivity index (χ1) is 17.3. The lowest BCUT2D eigenvalue weighted by Crippen LogP contribution is -2.41. The number of aromatic amines is 1. The van der Waals surface area contributed by atoms with E-state index in [9.17, 15) is 9.59 Å². The van der Waals surface area contributed by atoms with Crippen LogP contribution in [0.2, 0.25) is 0 Å². The van der Waals surface area contributed by atoms with Crippen LogP contribution in [0.1, 0.15) is 41.4 Å². The maximum Gasteiger partial charge on any atom is 0.255 e. The summed E-state index contributed by atoms with van der Waals surface area (Å²) in [6.45, 7) is 6.14. The molecule has 1 saturated carbocycles. The molecule has 2 aromatic heterocycles. The van der Waals surface area contributed by atoms with Crippen LogP contribution in [0.4, 0.5) is 4.39 Å². The number of aryl methyl sites for hydroxylation is 2. The largest absolute Gasteiger partial charge is 0.492 e. The normalized spacial score (nSPS) is 19.6. The number of nitrogens with one attached hydrogen (secondary N) is 2. The molecule has 2 amide bonds. The van der Waals surface area contributed by atoms with Gasteiger partial charge in [0, 0.05) is 18.8 Å². The number of ether oxygens (including phenoxy) is 1. The van der Waals surface area contributed by atoms with E-state index in [1.165, 1.54) is 6.33 Å². The van der Waals surface area contributed by atoms with Crippen molar-refractivity contribution in [3.8, 4) is 17.0 Å². The summed E-state index contributed by atoms with van der Waals surface area (Å²) in [7, 11) is 0. The number of hydrogen-bond donors (Lipinski definition) is 3. The molecule has 3 N–H and O–H groups in total. The Bertz CT molecular complexity index is 1340. The Balaban J connectivity index is 1.49. The van der Waals surface area contributed by atoms with Crippen molar-refractivity contribution in [1.29, 1.82) is 0 Å². The summed E-state index contributed by atoms with van der Waals surface area (Å²) in [6, 6.07) is 3.18. The molecule has 0 spiro atoms. The summed E-state index contributed by atoms with van der Waals surface area (Å²) in [5.41, 5.74) is 2.82. The van der Waals surface area contributed by atoms with E-state index in [4.69, 9.17) is 9.84 Å². The van der Waals surface area contributed by atoms with Crippen LogP contribution in [0.3, 0.4) is 0 Å². The van der Waals surface area contributed by atoms with Gasteiger partial charge in [-0.15, -0.1) is 0 Å². The van der Waals surface area contributed by atoms with Gasteiger partial charge < -0.3 is 25.0 Å². The van der Waals surface area contributed by atoms with Crippen molar-refractivity contribution in [3.63, 3.8) is 0 Å². The smallest absolute Gasteiger partial charge is 0.255 e. The van der Waals surface area contributed by atoms with E-state index in [0.717, 1.165) is 12.8 Å². The number of aromatic nitrogens is 3. The lowest BCUT2D eigenvalue weighted by Gasteiger charge is -2.17. The number of amides is 2. The van der Waals surface area contributed by atoms with Crippen LogP contribution < -0.4 is 10.1 Å². The van der Waals surface area contributed by atoms with Gasteiger partial charge in [0.15, 0.2) is 0 Å². The maximum atomic E-state index is 15.4. The predicted octanol–water partition coefficient (Wildman–Crippen LogP) is 2.74. The second kappa shape index (κ2) is 9.50. The molecule has 190 valence electrons. The van der Waals surface area contributed by atoms with E-state index in [2.05, 4.69) is 20.3 Å². The Hall–Kier alpha value is -3.53. The molecule has 10 heteroatoms. The molecule has 5 rings (SSSR count). The highest BCUT2D eigenvalue weighted by molar-refractivity contribution is 6.09. The Morgan fingerprint density at radius 1 is 1.25 bits per heavy atom. The summed E-state index contributed by atoms with van der Waals surface area (Å²) in [6.07, 6.45) is 3.55. The van der Waals surface area contributed by atoms with Crippen molar-refractivity contribution >= 4 is 22.8 Å². The van der Waals surface area contributed by atoms with Crippen molar-refractivity contribution < 1.29 is 23.8 Å². The van der Waals surface area contributed by atoms with Crippen LogP contribution in [0.15, 0.2) is 18.5 Å². The fourth-order valence-corrected chi connectivity index (χ4v) is 4.78. The highest BCUT2D eigenvalue weighted by Gasteiger charge is 2.34. The molecular formula is C26H30FN5O4. The van der Waals surface area contributed by atoms with Gasteiger partial charge in [-0.05, 0) is 50.2 Å². The van der Waals surface area contributed by atoms with Gasteiger partial charge in [-0.3, -0.25) is 9.59 Å². The summed E-state index contributed by atoms with van der Waals surface area (Å²) in [5.74, 6) is -0.191. The van der Waals surface area contributed by atoms with E-state index in [1.54, 1.807) is 30.9 Å². The minimum absolute atomic E-state index is 0.0210. The number of hydrogen-bond acceptors (Lipinski definition) is 6. The Kier molecular flexibility index (Phi) is 6.38. The van der Waals surface area contributed by atoms with Gasteiger partial charge in [0.2, 0.25) is 5.91 Å². The molecule has 1 aliphatic carbocycles. The lowest BCUT2D eigenvalue weighted by atomic mass is 10.0. The van der Waals surface area contributed by atoms with Gasteiger partial charge in [0.05, 0.1) is 29.3 Å². The molecule has 36 heavy (non-hydrogen) atoms. The Labute approximate surface area is 208 Å². The van der Waals surface area contributed by atoms with Crippen LogP contribution in [-0.2, 0) is 4.79 Å². The molecule has 2 unspecified atom stereocenters. The number of aliphatic hydroxyl groups is 1. The maximum absolute atomic E-state index is 15.4. The third kappa shape index (κ3) is 4.41. The monoisotopic (exact) mass is 495 g/mol. The second-order valence-electron chi connectivity index (χ2n) is 9.91. The molecule has 3 heterocycles. The molecule has 1 aromatic carbocycles. The van der Waals surface area contributed by atoms with Gasteiger partial charge in [0.1, 0.15) is 35.7 Å². The van der Waals surface area contributed by atoms with Gasteiger partial charge in [0.25, 0.3) is 5.91 Å². The molecule has 2 fully saturated rings. The van der Waals surface area contributed by atoms with Crippen molar-refractivity contribution in [2.24, 2.45) is 11.8 Å². The average molecular weight is 496 g/mol. The van der Waals surface area contributed by atoms with Crippen LogP contribution in [0, 0.1) is 31.5 Å². The van der Waals surface area contributed by atoms with Gasteiger partial charge in [-0.2, -0.15) is 0 Å². The number of carbonyl (C=O) groups is 2.